The highest BCUT2D eigenvalue weighted by molar-refractivity contribution is 8.15. The Bertz CT molecular complexity index is 790. The minimum Gasteiger partial charge on any atom is -0.463 e. The molecular weight excluding hydrogens is 360 g/mol. The Morgan fingerprint density at radius 3 is 2.80 bits per heavy atom. The predicted octanol–water partition coefficient (Wildman–Crippen LogP) is 3.94. The minimum absolute atomic E-state index is 0.0366. The molecule has 7 heteroatoms. The lowest BCUT2D eigenvalue weighted by Crippen LogP contribution is -2.40. The van der Waals surface area contributed by atoms with E-state index < -0.39 is 12.0 Å². The zero-order chi connectivity index (χ0) is 18.1. The number of carbonyl (C=O) groups excluding carboxylic acids is 2. The topological polar surface area (TPSA) is 59.0 Å². The Hall–Kier alpha value is -1.79. The molecule has 1 amide bonds. The van der Waals surface area contributed by atoms with Gasteiger partial charge in [0, 0.05) is 5.02 Å². The van der Waals surface area contributed by atoms with E-state index in [-0.39, 0.29) is 17.8 Å². The number of rotatable bonds is 4. The first-order valence-corrected chi connectivity index (χ1v) is 9.45. The van der Waals surface area contributed by atoms with Crippen LogP contribution in [0.1, 0.15) is 38.8 Å². The summed E-state index contributed by atoms with van der Waals surface area (Å²) in [6.07, 6.45) is 0.703. The van der Waals surface area contributed by atoms with Crippen LogP contribution >= 0.6 is 23.4 Å². The van der Waals surface area contributed by atoms with Crippen molar-refractivity contribution in [2.24, 2.45) is 4.99 Å². The van der Waals surface area contributed by atoms with Crippen molar-refractivity contribution in [2.45, 2.75) is 38.5 Å². The van der Waals surface area contributed by atoms with Gasteiger partial charge in [-0.1, -0.05) is 42.4 Å². The summed E-state index contributed by atoms with van der Waals surface area (Å²) in [4.78, 5) is 31.6. The number of halogens is 1. The Balaban J connectivity index is 2.15. The normalized spacial score (nSPS) is 22.8. The highest BCUT2D eigenvalue weighted by atomic mass is 35.5. The smallest absolute Gasteiger partial charge is 0.338 e. The highest BCUT2D eigenvalue weighted by Crippen LogP contribution is 2.44. The summed E-state index contributed by atoms with van der Waals surface area (Å²) in [7, 11) is 0. The molecule has 2 heterocycles. The minimum atomic E-state index is -0.568. The molecule has 2 atom stereocenters. The van der Waals surface area contributed by atoms with E-state index in [1.807, 2.05) is 19.1 Å². The summed E-state index contributed by atoms with van der Waals surface area (Å²) >= 11 is 7.60. The zero-order valence-corrected chi connectivity index (χ0v) is 15.9. The number of amides is 1. The van der Waals surface area contributed by atoms with Crippen molar-refractivity contribution in [3.05, 3.63) is 46.1 Å². The molecule has 0 N–H and O–H groups in total. The fraction of sp³-hybridized carbons (Fsp3) is 0.389. The van der Waals surface area contributed by atoms with Crippen LogP contribution in [0.5, 0.6) is 0 Å². The maximum atomic E-state index is 12.9. The molecule has 0 aliphatic carbocycles. The van der Waals surface area contributed by atoms with Gasteiger partial charge < -0.3 is 4.74 Å². The second kappa shape index (κ2) is 7.22. The van der Waals surface area contributed by atoms with Gasteiger partial charge in [0.15, 0.2) is 5.17 Å². The molecule has 0 bridgehead atoms. The lowest BCUT2D eigenvalue weighted by molar-refractivity contribution is -0.139. The molecule has 1 aromatic carbocycles. The van der Waals surface area contributed by atoms with E-state index in [9.17, 15) is 9.59 Å². The van der Waals surface area contributed by atoms with Gasteiger partial charge in [0.1, 0.15) is 0 Å². The lowest BCUT2D eigenvalue weighted by Gasteiger charge is -2.33. The summed E-state index contributed by atoms with van der Waals surface area (Å²) in [5.74, 6) is -0.490. The van der Waals surface area contributed by atoms with Crippen LogP contribution in [-0.2, 0) is 14.3 Å². The largest absolute Gasteiger partial charge is 0.463 e. The molecule has 1 fully saturated rings. The molecule has 5 nitrogen and oxygen atoms in total. The number of hydrogen-bond donors (Lipinski definition) is 0. The number of aliphatic imine (C=N–C) groups is 1. The summed E-state index contributed by atoms with van der Waals surface area (Å²) in [6.45, 7) is 5.76. The molecular formula is C18H19ClN2O3S. The Labute approximate surface area is 156 Å². The summed E-state index contributed by atoms with van der Waals surface area (Å²) in [5.41, 5.74) is 1.73. The van der Waals surface area contributed by atoms with Crippen LogP contribution in [0.2, 0.25) is 5.02 Å². The molecule has 2 aliphatic rings. The number of benzene rings is 1. The van der Waals surface area contributed by atoms with Crippen LogP contribution in [0.3, 0.4) is 0 Å². The molecule has 0 spiro atoms. The molecule has 0 aromatic heterocycles. The highest BCUT2D eigenvalue weighted by Gasteiger charge is 2.47. The van der Waals surface area contributed by atoms with Crippen molar-refractivity contribution < 1.29 is 14.3 Å². The third-order valence-electron chi connectivity index (χ3n) is 4.18. The number of carbonyl (C=O) groups is 2. The monoisotopic (exact) mass is 378 g/mol. The van der Waals surface area contributed by atoms with Crippen LogP contribution in [0.15, 0.2) is 40.5 Å². The number of fused-ring (bicyclic) bond motifs is 1. The third kappa shape index (κ3) is 3.20. The third-order valence-corrected chi connectivity index (χ3v) is 5.74. The molecule has 2 aliphatic heterocycles. The Morgan fingerprint density at radius 2 is 2.16 bits per heavy atom. The predicted molar refractivity (Wildman–Crippen MR) is 99.5 cm³/mol. The van der Waals surface area contributed by atoms with Crippen molar-refractivity contribution >= 4 is 40.4 Å². The van der Waals surface area contributed by atoms with Crippen LogP contribution in [0.25, 0.3) is 0 Å². The molecule has 0 radical (unpaired) electrons. The van der Waals surface area contributed by atoms with Gasteiger partial charge >= 0.3 is 5.97 Å². The van der Waals surface area contributed by atoms with E-state index in [2.05, 4.69) is 4.99 Å². The summed E-state index contributed by atoms with van der Waals surface area (Å²) < 4.78 is 5.23. The number of esters is 1. The SMILES string of the molecule is CCOC(=O)C1=C(C)N=C2SC(CC)C(=O)N2C1c1cccc(Cl)c1. The number of amidine groups is 1. The van der Waals surface area contributed by atoms with Crippen molar-refractivity contribution in [3.63, 3.8) is 0 Å². The first-order valence-electron chi connectivity index (χ1n) is 8.19. The van der Waals surface area contributed by atoms with Gasteiger partial charge in [0.25, 0.3) is 0 Å². The first kappa shape index (κ1) is 18.0. The van der Waals surface area contributed by atoms with E-state index in [1.54, 1.807) is 30.9 Å². The maximum absolute atomic E-state index is 12.9. The standard InChI is InChI=1S/C18H19ClN2O3S/c1-4-13-16(22)21-15(11-7-6-8-12(19)9-11)14(17(23)24-5-2)10(3)20-18(21)25-13/h6-9,13,15H,4-5H2,1-3H3. The zero-order valence-electron chi connectivity index (χ0n) is 14.3. The summed E-state index contributed by atoms with van der Waals surface area (Å²) in [6, 6.07) is 6.65. The number of hydrogen-bond acceptors (Lipinski definition) is 5. The van der Waals surface area contributed by atoms with Gasteiger partial charge in [-0.05, 0) is 38.0 Å². The van der Waals surface area contributed by atoms with Crippen molar-refractivity contribution in [2.75, 3.05) is 6.61 Å². The van der Waals surface area contributed by atoms with E-state index in [4.69, 9.17) is 16.3 Å². The van der Waals surface area contributed by atoms with Crippen LogP contribution in [0.4, 0.5) is 0 Å². The molecule has 3 rings (SSSR count). The van der Waals surface area contributed by atoms with Gasteiger partial charge in [-0.3, -0.25) is 9.69 Å². The number of thioether (sulfide) groups is 1. The van der Waals surface area contributed by atoms with E-state index in [0.717, 1.165) is 5.56 Å². The molecule has 132 valence electrons. The van der Waals surface area contributed by atoms with E-state index >= 15 is 0 Å². The van der Waals surface area contributed by atoms with Crippen LogP contribution in [-0.4, -0.2) is 33.8 Å². The Kier molecular flexibility index (Phi) is 5.20. The second-order valence-corrected chi connectivity index (χ2v) is 7.40. The number of ether oxygens (including phenoxy) is 1. The molecule has 25 heavy (non-hydrogen) atoms. The second-order valence-electron chi connectivity index (χ2n) is 5.79. The number of allylic oxidation sites excluding steroid dienone is 1. The first-order chi connectivity index (χ1) is 12.0. The fourth-order valence-electron chi connectivity index (χ4n) is 3.05. The van der Waals surface area contributed by atoms with Crippen molar-refractivity contribution in [3.8, 4) is 0 Å². The van der Waals surface area contributed by atoms with Crippen LogP contribution < -0.4 is 0 Å². The van der Waals surface area contributed by atoms with Crippen molar-refractivity contribution in [1.29, 1.82) is 0 Å². The van der Waals surface area contributed by atoms with Gasteiger partial charge in [-0.25, -0.2) is 9.79 Å². The fourth-order valence-corrected chi connectivity index (χ4v) is 4.38. The Morgan fingerprint density at radius 1 is 1.40 bits per heavy atom. The maximum Gasteiger partial charge on any atom is 0.338 e. The van der Waals surface area contributed by atoms with Gasteiger partial charge in [0.2, 0.25) is 5.91 Å². The van der Waals surface area contributed by atoms with E-state index in [1.165, 1.54) is 11.8 Å². The number of nitrogens with zero attached hydrogens (tertiary/aromatic N) is 2. The summed E-state index contributed by atoms with van der Waals surface area (Å²) in [5, 5.41) is 0.996. The average molecular weight is 379 g/mol. The quantitative estimate of drug-likeness (QED) is 0.744. The van der Waals surface area contributed by atoms with Gasteiger partial charge in [0.05, 0.1) is 29.2 Å². The molecule has 0 saturated carbocycles. The molecule has 2 unspecified atom stereocenters. The van der Waals surface area contributed by atoms with Crippen LogP contribution in [0, 0.1) is 0 Å². The molecule has 1 saturated heterocycles. The average Bonchev–Trinajstić information content (AvgIpc) is 2.89. The van der Waals surface area contributed by atoms with Gasteiger partial charge in [-0.2, -0.15) is 0 Å². The lowest BCUT2D eigenvalue weighted by atomic mass is 9.94. The van der Waals surface area contributed by atoms with E-state index in [0.29, 0.717) is 27.9 Å². The van der Waals surface area contributed by atoms with Crippen molar-refractivity contribution in [1.82, 2.24) is 4.90 Å². The van der Waals surface area contributed by atoms with Gasteiger partial charge in [-0.15, -0.1) is 0 Å². The molecule has 1 aromatic rings.